The van der Waals surface area contributed by atoms with E-state index in [1.165, 1.54) is 5.56 Å². The van der Waals surface area contributed by atoms with Crippen LogP contribution in [0.2, 0.25) is 0 Å². The molecule has 3 N–H and O–H groups in total. The first-order valence-corrected chi connectivity index (χ1v) is 5.15. The summed E-state index contributed by atoms with van der Waals surface area (Å²) in [7, 11) is 1.66. The Hall–Kier alpha value is -1.75. The van der Waals surface area contributed by atoms with E-state index < -0.39 is 6.35 Å². The van der Waals surface area contributed by atoms with Crippen LogP contribution >= 0.6 is 0 Å². The van der Waals surface area contributed by atoms with Gasteiger partial charge in [-0.1, -0.05) is 12.1 Å². The molecule has 1 aliphatic heterocycles. The maximum absolute atomic E-state index is 5.47. The van der Waals surface area contributed by atoms with E-state index in [9.17, 15) is 0 Å². The van der Waals surface area contributed by atoms with Gasteiger partial charge in [0.05, 0.1) is 7.11 Å². The van der Waals surface area contributed by atoms with Crippen molar-refractivity contribution in [1.82, 2.24) is 5.43 Å². The zero-order valence-corrected chi connectivity index (χ0v) is 9.14. The van der Waals surface area contributed by atoms with Gasteiger partial charge in [0.2, 0.25) is 12.2 Å². The van der Waals surface area contributed by atoms with E-state index in [-0.39, 0.29) is 0 Å². The molecule has 86 valence electrons. The molecule has 0 aromatic heterocycles. The van der Waals surface area contributed by atoms with Crippen molar-refractivity contribution in [3.8, 4) is 5.75 Å². The fourth-order valence-electron chi connectivity index (χ4n) is 1.49. The highest BCUT2D eigenvalue weighted by Gasteiger charge is 2.13. The molecule has 1 aliphatic rings. The van der Waals surface area contributed by atoms with Crippen molar-refractivity contribution in [2.24, 2.45) is 10.8 Å². The van der Waals surface area contributed by atoms with Gasteiger partial charge >= 0.3 is 0 Å². The van der Waals surface area contributed by atoms with Crippen LogP contribution in [0.4, 0.5) is 0 Å². The summed E-state index contributed by atoms with van der Waals surface area (Å²) < 4.78 is 10.3. The molecule has 0 spiro atoms. The van der Waals surface area contributed by atoms with E-state index in [1.807, 2.05) is 24.3 Å². The Bertz CT molecular complexity index is 375. The first-order chi connectivity index (χ1) is 7.78. The minimum Gasteiger partial charge on any atom is -0.497 e. The summed E-state index contributed by atoms with van der Waals surface area (Å²) in [5, 5.41) is 3.96. The molecule has 0 radical (unpaired) electrons. The third-order valence-corrected chi connectivity index (χ3v) is 2.37. The van der Waals surface area contributed by atoms with Crippen LogP contribution < -0.4 is 15.9 Å². The molecule has 1 atom stereocenters. The van der Waals surface area contributed by atoms with Crippen molar-refractivity contribution in [3.63, 3.8) is 0 Å². The molecule has 5 heteroatoms. The van der Waals surface area contributed by atoms with Crippen molar-refractivity contribution in [1.29, 1.82) is 0 Å². The third kappa shape index (κ3) is 2.64. The van der Waals surface area contributed by atoms with Gasteiger partial charge in [0.15, 0.2) is 0 Å². The normalized spacial score (nSPS) is 18.6. The zero-order valence-electron chi connectivity index (χ0n) is 9.14. The third-order valence-electron chi connectivity index (χ3n) is 2.37. The predicted octanol–water partition coefficient (Wildman–Crippen LogP) is 0.803. The quantitative estimate of drug-likeness (QED) is 0.789. The molecule has 0 amide bonds. The van der Waals surface area contributed by atoms with E-state index in [0.717, 1.165) is 18.6 Å². The summed E-state index contributed by atoms with van der Waals surface area (Å²) in [5.74, 6) is 1.52. The molecule has 5 nitrogen and oxygen atoms in total. The van der Waals surface area contributed by atoms with Gasteiger partial charge < -0.3 is 9.47 Å². The highest BCUT2D eigenvalue weighted by atomic mass is 16.5. The molecule has 1 aromatic carbocycles. The maximum Gasteiger partial charge on any atom is 0.241 e. The fourth-order valence-corrected chi connectivity index (χ4v) is 1.49. The van der Waals surface area contributed by atoms with E-state index >= 15 is 0 Å². The number of hydrazone groups is 1. The molecule has 1 aromatic rings. The minimum atomic E-state index is -0.495. The molecule has 0 saturated heterocycles. The van der Waals surface area contributed by atoms with Gasteiger partial charge in [-0.25, -0.2) is 0 Å². The largest absolute Gasteiger partial charge is 0.497 e. The number of methoxy groups -OCH3 is 1. The highest BCUT2D eigenvalue weighted by Crippen LogP contribution is 2.13. The molecule has 0 saturated carbocycles. The van der Waals surface area contributed by atoms with E-state index in [0.29, 0.717) is 5.90 Å². The molecule has 0 aliphatic carbocycles. The average molecular weight is 221 g/mol. The number of rotatable bonds is 4. The summed E-state index contributed by atoms with van der Waals surface area (Å²) in [5.41, 5.74) is 9.33. The number of nitrogens with zero attached hydrogens (tertiary/aromatic N) is 1. The first-order valence-electron chi connectivity index (χ1n) is 5.15. The van der Waals surface area contributed by atoms with E-state index in [1.54, 1.807) is 7.11 Å². The Labute approximate surface area is 94.2 Å². The molecule has 2 rings (SSSR count). The average Bonchev–Trinajstić information content (AvgIpc) is 2.73. The lowest BCUT2D eigenvalue weighted by Crippen LogP contribution is -2.31. The minimum absolute atomic E-state index is 0.495. The SMILES string of the molecule is COc1ccc(CCC2=NNC(N)O2)cc1. The van der Waals surface area contributed by atoms with Crippen LogP contribution in [0, 0.1) is 0 Å². The number of benzene rings is 1. The Morgan fingerprint density at radius 3 is 2.69 bits per heavy atom. The van der Waals surface area contributed by atoms with Crippen molar-refractivity contribution >= 4 is 5.90 Å². The van der Waals surface area contributed by atoms with Crippen LogP contribution in [-0.4, -0.2) is 19.4 Å². The predicted molar refractivity (Wildman–Crippen MR) is 60.9 cm³/mol. The molecule has 1 heterocycles. The Morgan fingerprint density at radius 1 is 1.38 bits per heavy atom. The van der Waals surface area contributed by atoms with Gasteiger partial charge in [-0.2, -0.15) is 0 Å². The van der Waals surface area contributed by atoms with Crippen molar-refractivity contribution in [2.45, 2.75) is 19.2 Å². The molecule has 0 fully saturated rings. The van der Waals surface area contributed by atoms with Gasteiger partial charge in [0.25, 0.3) is 0 Å². The van der Waals surface area contributed by atoms with Crippen LogP contribution in [0.3, 0.4) is 0 Å². The standard InChI is InChI=1S/C11H15N3O2/c1-15-9-5-2-8(3-6-9)4-7-10-13-14-11(12)16-10/h2-3,5-6,11,14H,4,7,12H2,1H3. The van der Waals surface area contributed by atoms with Crippen LogP contribution in [0.1, 0.15) is 12.0 Å². The van der Waals surface area contributed by atoms with Gasteiger partial charge in [-0.3, -0.25) is 11.2 Å². The first kappa shape index (κ1) is 10.8. The van der Waals surface area contributed by atoms with Crippen molar-refractivity contribution < 1.29 is 9.47 Å². The van der Waals surface area contributed by atoms with Crippen LogP contribution in [0.25, 0.3) is 0 Å². The maximum atomic E-state index is 5.47. The molecule has 1 unspecified atom stereocenters. The Kier molecular flexibility index (Phi) is 3.26. The lowest BCUT2D eigenvalue weighted by Gasteiger charge is -2.05. The fraction of sp³-hybridized carbons (Fsp3) is 0.364. The number of nitrogens with two attached hydrogens (primary N) is 1. The number of aryl methyl sites for hydroxylation is 1. The van der Waals surface area contributed by atoms with Crippen LogP contribution in [0.5, 0.6) is 5.75 Å². The second kappa shape index (κ2) is 4.85. The number of nitrogens with one attached hydrogen (secondary N) is 1. The number of ether oxygens (including phenoxy) is 2. The van der Waals surface area contributed by atoms with Gasteiger partial charge in [-0.15, -0.1) is 5.10 Å². The zero-order chi connectivity index (χ0) is 11.4. The molecular weight excluding hydrogens is 206 g/mol. The summed E-state index contributed by atoms with van der Waals surface area (Å²) in [4.78, 5) is 0. The summed E-state index contributed by atoms with van der Waals surface area (Å²) >= 11 is 0. The van der Waals surface area contributed by atoms with Crippen LogP contribution in [-0.2, 0) is 11.2 Å². The lowest BCUT2D eigenvalue weighted by molar-refractivity contribution is 0.191. The van der Waals surface area contributed by atoms with Crippen molar-refractivity contribution in [3.05, 3.63) is 29.8 Å². The number of hydrogen-bond donors (Lipinski definition) is 2. The number of hydrogen-bond acceptors (Lipinski definition) is 5. The van der Waals surface area contributed by atoms with Gasteiger partial charge in [-0.05, 0) is 24.1 Å². The summed E-state index contributed by atoms with van der Waals surface area (Å²) in [6.07, 6.45) is 1.12. The van der Waals surface area contributed by atoms with Gasteiger partial charge in [0, 0.05) is 6.42 Å². The summed E-state index contributed by atoms with van der Waals surface area (Å²) in [6.45, 7) is 0. The van der Waals surface area contributed by atoms with Crippen molar-refractivity contribution in [2.75, 3.05) is 7.11 Å². The topological polar surface area (TPSA) is 68.9 Å². The van der Waals surface area contributed by atoms with Crippen LogP contribution in [0.15, 0.2) is 29.4 Å². The van der Waals surface area contributed by atoms with E-state index in [4.69, 9.17) is 15.2 Å². The van der Waals surface area contributed by atoms with Gasteiger partial charge in [0.1, 0.15) is 5.75 Å². The smallest absolute Gasteiger partial charge is 0.241 e. The highest BCUT2D eigenvalue weighted by molar-refractivity contribution is 5.77. The monoisotopic (exact) mass is 221 g/mol. The second-order valence-electron chi connectivity index (χ2n) is 3.52. The molecular formula is C11H15N3O2. The Morgan fingerprint density at radius 2 is 2.12 bits per heavy atom. The second-order valence-corrected chi connectivity index (χ2v) is 3.52. The Balaban J connectivity index is 1.85. The molecule has 0 bridgehead atoms. The molecule has 16 heavy (non-hydrogen) atoms. The van der Waals surface area contributed by atoms with E-state index in [2.05, 4.69) is 10.5 Å². The summed E-state index contributed by atoms with van der Waals surface area (Å²) in [6, 6.07) is 7.94. The lowest BCUT2D eigenvalue weighted by atomic mass is 10.1.